The van der Waals surface area contributed by atoms with Crippen LogP contribution in [0.4, 0.5) is 0 Å². The van der Waals surface area contributed by atoms with Crippen molar-refractivity contribution in [2.24, 2.45) is 0 Å². The molecule has 0 N–H and O–H groups in total. The van der Waals surface area contributed by atoms with Gasteiger partial charge in [0.2, 0.25) is 10.0 Å². The molecule has 1 aromatic rings. The molecule has 0 aliphatic carbocycles. The first-order chi connectivity index (χ1) is 9.86. The third-order valence-corrected chi connectivity index (χ3v) is 7.44. The van der Waals surface area contributed by atoms with Crippen molar-refractivity contribution in [1.82, 2.24) is 9.21 Å². The number of halogens is 3. The van der Waals surface area contributed by atoms with Crippen LogP contribution in [0.25, 0.3) is 0 Å². The molecule has 1 aliphatic rings. The van der Waals surface area contributed by atoms with Crippen molar-refractivity contribution < 1.29 is 8.42 Å². The van der Waals surface area contributed by atoms with Gasteiger partial charge in [-0.2, -0.15) is 4.31 Å². The minimum absolute atomic E-state index is 0.311. The van der Waals surface area contributed by atoms with Crippen LogP contribution in [-0.2, 0) is 10.0 Å². The molecule has 0 bridgehead atoms. The number of aryl methyl sites for hydroxylation is 1. The molecule has 0 atom stereocenters. The van der Waals surface area contributed by atoms with Gasteiger partial charge in [-0.3, -0.25) is 4.90 Å². The molecule has 0 radical (unpaired) electrons. The maximum Gasteiger partial charge on any atom is 0.244 e. The summed E-state index contributed by atoms with van der Waals surface area (Å²) in [5, 5.41) is 0. The SMILES string of the molecule is Cc1cc(Br)c(S(=O)(=O)N2CCN(CCCl)CC2)cc1Br. The summed E-state index contributed by atoms with van der Waals surface area (Å²) in [6, 6.07) is 3.49. The molecule has 8 heteroatoms. The summed E-state index contributed by atoms with van der Waals surface area (Å²) < 4.78 is 28.5. The second kappa shape index (κ2) is 7.27. The first kappa shape index (κ1) is 17.7. The van der Waals surface area contributed by atoms with Gasteiger partial charge in [0.15, 0.2) is 0 Å². The van der Waals surface area contributed by atoms with E-state index in [1.165, 1.54) is 0 Å². The van der Waals surface area contributed by atoms with Gasteiger partial charge in [-0.05, 0) is 40.5 Å². The molecule has 118 valence electrons. The van der Waals surface area contributed by atoms with Gasteiger partial charge in [0.1, 0.15) is 0 Å². The topological polar surface area (TPSA) is 40.6 Å². The van der Waals surface area contributed by atoms with E-state index < -0.39 is 10.0 Å². The van der Waals surface area contributed by atoms with Crippen LogP contribution in [0.5, 0.6) is 0 Å². The third-order valence-electron chi connectivity index (χ3n) is 3.56. The van der Waals surface area contributed by atoms with Gasteiger partial charge in [0.25, 0.3) is 0 Å². The van der Waals surface area contributed by atoms with E-state index in [0.717, 1.165) is 29.7 Å². The number of hydrogen-bond donors (Lipinski definition) is 0. The van der Waals surface area contributed by atoms with E-state index in [1.54, 1.807) is 10.4 Å². The lowest BCUT2D eigenvalue weighted by Crippen LogP contribution is -2.49. The molecular weight excluding hydrogens is 443 g/mol. The molecule has 0 unspecified atom stereocenters. The fraction of sp³-hybridized carbons (Fsp3) is 0.538. The highest BCUT2D eigenvalue weighted by Crippen LogP contribution is 2.31. The summed E-state index contributed by atoms with van der Waals surface area (Å²) in [6.45, 7) is 5.16. The monoisotopic (exact) mass is 458 g/mol. The zero-order valence-corrected chi connectivity index (χ0v) is 16.4. The Morgan fingerprint density at radius 2 is 1.76 bits per heavy atom. The number of piperazine rings is 1. The van der Waals surface area contributed by atoms with E-state index in [1.807, 2.05) is 13.0 Å². The van der Waals surface area contributed by atoms with Crippen molar-refractivity contribution in [3.63, 3.8) is 0 Å². The zero-order valence-electron chi connectivity index (χ0n) is 11.7. The largest absolute Gasteiger partial charge is 0.300 e. The Morgan fingerprint density at radius 3 is 2.33 bits per heavy atom. The summed E-state index contributed by atoms with van der Waals surface area (Å²) in [5.41, 5.74) is 0.993. The van der Waals surface area contributed by atoms with Crippen molar-refractivity contribution in [3.8, 4) is 0 Å². The van der Waals surface area contributed by atoms with Crippen molar-refractivity contribution in [1.29, 1.82) is 0 Å². The number of nitrogens with zero attached hydrogens (tertiary/aromatic N) is 2. The van der Waals surface area contributed by atoms with E-state index >= 15 is 0 Å². The smallest absolute Gasteiger partial charge is 0.244 e. The Hall–Kier alpha value is 0.340. The lowest BCUT2D eigenvalue weighted by molar-refractivity contribution is 0.197. The number of sulfonamides is 1. The van der Waals surface area contributed by atoms with Crippen LogP contribution in [-0.4, -0.2) is 56.2 Å². The maximum absolute atomic E-state index is 12.8. The first-order valence-corrected chi connectivity index (χ1v) is 10.2. The van der Waals surface area contributed by atoms with Crippen molar-refractivity contribution in [3.05, 3.63) is 26.6 Å². The Morgan fingerprint density at radius 1 is 1.14 bits per heavy atom. The Labute approximate surface area is 147 Å². The van der Waals surface area contributed by atoms with Crippen LogP contribution < -0.4 is 0 Å². The van der Waals surface area contributed by atoms with Gasteiger partial charge >= 0.3 is 0 Å². The van der Waals surface area contributed by atoms with Gasteiger partial charge in [0.05, 0.1) is 4.90 Å². The molecule has 0 amide bonds. The number of alkyl halides is 1. The highest BCUT2D eigenvalue weighted by atomic mass is 79.9. The molecule has 2 rings (SSSR count). The molecule has 1 aliphatic heterocycles. The average Bonchev–Trinajstić information content (AvgIpc) is 2.43. The first-order valence-electron chi connectivity index (χ1n) is 6.60. The second-order valence-corrected chi connectivity index (χ2v) is 8.96. The minimum Gasteiger partial charge on any atom is -0.300 e. The quantitative estimate of drug-likeness (QED) is 0.649. The van der Waals surface area contributed by atoms with Crippen LogP contribution >= 0.6 is 43.5 Å². The summed E-state index contributed by atoms with van der Waals surface area (Å²) in [5.74, 6) is 0.573. The third kappa shape index (κ3) is 4.00. The minimum atomic E-state index is -3.47. The molecule has 1 heterocycles. The van der Waals surface area contributed by atoms with Crippen molar-refractivity contribution >= 4 is 53.5 Å². The molecular formula is C13H17Br2ClN2O2S. The van der Waals surface area contributed by atoms with Crippen LogP contribution in [0.2, 0.25) is 0 Å². The Balaban J connectivity index is 2.22. The van der Waals surface area contributed by atoms with E-state index in [0.29, 0.717) is 28.3 Å². The predicted octanol–water partition coefficient (Wildman–Crippen LogP) is 3.07. The Kier molecular flexibility index (Phi) is 6.13. The maximum atomic E-state index is 12.8. The molecule has 1 fully saturated rings. The fourth-order valence-electron chi connectivity index (χ4n) is 2.28. The summed E-state index contributed by atoms with van der Waals surface area (Å²) >= 11 is 12.5. The highest BCUT2D eigenvalue weighted by molar-refractivity contribution is 9.11. The Bertz CT molecular complexity index is 617. The molecule has 4 nitrogen and oxygen atoms in total. The molecule has 0 aromatic heterocycles. The molecule has 21 heavy (non-hydrogen) atoms. The standard InChI is InChI=1S/C13H17Br2ClN2O2S/c1-10-8-12(15)13(9-11(10)14)21(19,20)18-6-4-17(3-2-16)5-7-18/h8-9H,2-7H2,1H3. The van der Waals surface area contributed by atoms with Gasteiger partial charge in [0, 0.05) is 47.5 Å². The van der Waals surface area contributed by atoms with E-state index in [2.05, 4.69) is 36.8 Å². The number of benzene rings is 1. The summed E-state index contributed by atoms with van der Waals surface area (Å²) in [7, 11) is -3.47. The lowest BCUT2D eigenvalue weighted by Gasteiger charge is -2.33. The van der Waals surface area contributed by atoms with Crippen LogP contribution in [0.1, 0.15) is 5.56 Å². The van der Waals surface area contributed by atoms with Crippen LogP contribution in [0.15, 0.2) is 26.0 Å². The van der Waals surface area contributed by atoms with Crippen LogP contribution in [0.3, 0.4) is 0 Å². The molecule has 1 aromatic carbocycles. The molecule has 0 saturated carbocycles. The average molecular weight is 461 g/mol. The van der Waals surface area contributed by atoms with Gasteiger partial charge in [-0.25, -0.2) is 8.42 Å². The zero-order chi connectivity index (χ0) is 15.6. The van der Waals surface area contributed by atoms with E-state index in [4.69, 9.17) is 11.6 Å². The van der Waals surface area contributed by atoms with E-state index in [9.17, 15) is 8.42 Å². The molecule has 0 spiro atoms. The molecule has 1 saturated heterocycles. The normalized spacial score (nSPS) is 18.1. The number of rotatable bonds is 4. The highest BCUT2D eigenvalue weighted by Gasteiger charge is 2.30. The summed E-state index contributed by atoms with van der Waals surface area (Å²) in [4.78, 5) is 2.49. The van der Waals surface area contributed by atoms with Gasteiger partial charge < -0.3 is 0 Å². The van der Waals surface area contributed by atoms with Gasteiger partial charge in [-0.15, -0.1) is 11.6 Å². The van der Waals surface area contributed by atoms with Crippen molar-refractivity contribution in [2.45, 2.75) is 11.8 Å². The number of hydrogen-bond acceptors (Lipinski definition) is 3. The van der Waals surface area contributed by atoms with Crippen LogP contribution in [0, 0.1) is 6.92 Å². The van der Waals surface area contributed by atoms with Crippen molar-refractivity contribution in [2.75, 3.05) is 38.6 Å². The predicted molar refractivity (Wildman–Crippen MR) is 92.5 cm³/mol. The second-order valence-electron chi connectivity index (χ2n) is 4.97. The summed E-state index contributed by atoms with van der Waals surface area (Å²) in [6.07, 6.45) is 0. The fourth-order valence-corrected chi connectivity index (χ4v) is 5.58. The lowest BCUT2D eigenvalue weighted by atomic mass is 10.2. The van der Waals surface area contributed by atoms with E-state index in [-0.39, 0.29) is 0 Å². The van der Waals surface area contributed by atoms with Gasteiger partial charge in [-0.1, -0.05) is 15.9 Å².